The van der Waals surface area contributed by atoms with Crippen LogP contribution in [-0.2, 0) is 0 Å². The van der Waals surface area contributed by atoms with Crippen LogP contribution in [0.3, 0.4) is 0 Å². The Bertz CT molecular complexity index is 496. The van der Waals surface area contributed by atoms with E-state index in [1.807, 2.05) is 0 Å². The SMILES string of the molecule is Nc1ncc(Cl)cc1C(=O)c1ncn[nH]1. The summed E-state index contributed by atoms with van der Waals surface area (Å²) in [5.74, 6) is -0.174. The molecule has 76 valence electrons. The van der Waals surface area contributed by atoms with Gasteiger partial charge >= 0.3 is 0 Å². The van der Waals surface area contributed by atoms with Gasteiger partial charge in [0.05, 0.1) is 10.6 Å². The van der Waals surface area contributed by atoms with Gasteiger partial charge in [-0.25, -0.2) is 9.97 Å². The Labute approximate surface area is 89.5 Å². The van der Waals surface area contributed by atoms with Crippen LogP contribution in [-0.4, -0.2) is 25.9 Å². The highest BCUT2D eigenvalue weighted by molar-refractivity contribution is 6.31. The van der Waals surface area contributed by atoms with Crippen LogP contribution < -0.4 is 5.73 Å². The number of H-pyrrole nitrogens is 1. The maximum Gasteiger partial charge on any atom is 0.233 e. The predicted octanol–water partition coefficient (Wildman–Crippen LogP) is 0.666. The number of nitrogens with one attached hydrogen (secondary N) is 1. The number of nitrogens with two attached hydrogens (primary N) is 1. The third kappa shape index (κ3) is 1.79. The van der Waals surface area contributed by atoms with Gasteiger partial charge in [-0.1, -0.05) is 11.6 Å². The summed E-state index contributed by atoms with van der Waals surface area (Å²) in [5.41, 5.74) is 5.75. The van der Waals surface area contributed by atoms with E-state index in [9.17, 15) is 4.79 Å². The Balaban J connectivity index is 2.46. The van der Waals surface area contributed by atoms with Gasteiger partial charge in [-0.15, -0.1) is 0 Å². The van der Waals surface area contributed by atoms with Crippen LogP contribution in [0.15, 0.2) is 18.6 Å². The normalized spacial score (nSPS) is 10.2. The molecule has 15 heavy (non-hydrogen) atoms. The lowest BCUT2D eigenvalue weighted by molar-refractivity contribution is 0.103. The van der Waals surface area contributed by atoms with E-state index in [0.717, 1.165) is 0 Å². The molecule has 0 fully saturated rings. The topological polar surface area (TPSA) is 97.6 Å². The van der Waals surface area contributed by atoms with E-state index >= 15 is 0 Å². The van der Waals surface area contributed by atoms with Gasteiger partial charge < -0.3 is 5.73 Å². The van der Waals surface area contributed by atoms with Crippen molar-refractivity contribution in [2.75, 3.05) is 5.73 Å². The predicted molar refractivity (Wildman–Crippen MR) is 53.5 cm³/mol. The number of rotatable bonds is 2. The summed E-state index contributed by atoms with van der Waals surface area (Å²) in [6, 6.07) is 1.44. The van der Waals surface area contributed by atoms with E-state index in [-0.39, 0.29) is 23.0 Å². The Kier molecular flexibility index (Phi) is 2.34. The molecule has 0 amide bonds. The largest absolute Gasteiger partial charge is 0.383 e. The van der Waals surface area contributed by atoms with Gasteiger partial charge in [-0.2, -0.15) is 5.10 Å². The van der Waals surface area contributed by atoms with E-state index in [0.29, 0.717) is 5.02 Å². The van der Waals surface area contributed by atoms with E-state index in [1.54, 1.807) is 0 Å². The molecule has 0 radical (unpaired) electrons. The fourth-order valence-corrected chi connectivity index (χ4v) is 1.23. The van der Waals surface area contributed by atoms with Gasteiger partial charge in [0.2, 0.25) is 5.78 Å². The number of pyridine rings is 1. The molecule has 2 heterocycles. The summed E-state index contributed by atoms with van der Waals surface area (Å²) in [6.07, 6.45) is 2.61. The monoisotopic (exact) mass is 223 g/mol. The average molecular weight is 224 g/mol. The van der Waals surface area contributed by atoms with Crippen molar-refractivity contribution in [3.8, 4) is 0 Å². The second kappa shape index (κ2) is 3.66. The lowest BCUT2D eigenvalue weighted by Crippen LogP contribution is -2.08. The zero-order valence-electron chi connectivity index (χ0n) is 7.44. The molecule has 0 saturated carbocycles. The number of carbonyl (C=O) groups is 1. The summed E-state index contributed by atoms with van der Waals surface area (Å²) < 4.78 is 0. The Morgan fingerprint density at radius 3 is 2.93 bits per heavy atom. The Morgan fingerprint density at radius 2 is 2.27 bits per heavy atom. The number of carbonyl (C=O) groups excluding carboxylic acids is 1. The molecule has 2 rings (SSSR count). The number of hydrogen-bond acceptors (Lipinski definition) is 5. The molecule has 0 aromatic carbocycles. The zero-order valence-corrected chi connectivity index (χ0v) is 8.19. The van der Waals surface area contributed by atoms with Crippen LogP contribution >= 0.6 is 11.6 Å². The fraction of sp³-hybridized carbons (Fsp3) is 0. The second-order valence-corrected chi connectivity index (χ2v) is 3.19. The first-order valence-electron chi connectivity index (χ1n) is 3.99. The van der Waals surface area contributed by atoms with Crippen molar-refractivity contribution in [2.24, 2.45) is 0 Å². The number of nitrogens with zero attached hydrogens (tertiary/aromatic N) is 3. The first kappa shape index (κ1) is 9.60. The maximum absolute atomic E-state index is 11.8. The maximum atomic E-state index is 11.8. The number of aromatic amines is 1. The first-order valence-corrected chi connectivity index (χ1v) is 4.37. The van der Waals surface area contributed by atoms with Gasteiger partial charge in [0.15, 0.2) is 5.82 Å². The van der Waals surface area contributed by atoms with Crippen LogP contribution in [0.25, 0.3) is 0 Å². The third-order valence-electron chi connectivity index (χ3n) is 1.76. The molecular formula is C8H6ClN5O. The summed E-state index contributed by atoms with van der Waals surface area (Å²) in [5, 5.41) is 6.35. The lowest BCUT2D eigenvalue weighted by Gasteiger charge is -2.01. The molecule has 0 aliphatic heterocycles. The Morgan fingerprint density at radius 1 is 1.47 bits per heavy atom. The summed E-state index contributed by atoms with van der Waals surface area (Å²) >= 11 is 5.71. The van der Waals surface area contributed by atoms with Gasteiger partial charge in [0, 0.05) is 6.20 Å². The number of anilines is 1. The second-order valence-electron chi connectivity index (χ2n) is 2.75. The standard InChI is InChI=1S/C8H6ClN5O/c9-4-1-5(7(10)11-2-4)6(15)8-12-3-13-14-8/h1-3H,(H2,10,11)(H,12,13,14). The van der Waals surface area contributed by atoms with Crippen LogP contribution in [0.4, 0.5) is 5.82 Å². The molecule has 3 N–H and O–H groups in total. The van der Waals surface area contributed by atoms with Gasteiger partial charge in [-0.3, -0.25) is 9.89 Å². The molecule has 2 aromatic rings. The molecular weight excluding hydrogens is 218 g/mol. The minimum Gasteiger partial charge on any atom is -0.383 e. The Hall–Kier alpha value is -1.95. The van der Waals surface area contributed by atoms with E-state index < -0.39 is 0 Å². The summed E-state index contributed by atoms with van der Waals surface area (Å²) in [4.78, 5) is 19.3. The van der Waals surface area contributed by atoms with E-state index in [2.05, 4.69) is 20.2 Å². The molecule has 0 aliphatic rings. The number of hydrogen-bond donors (Lipinski definition) is 2. The number of halogens is 1. The number of aromatic nitrogens is 4. The smallest absolute Gasteiger partial charge is 0.233 e. The first-order chi connectivity index (χ1) is 7.18. The molecule has 0 bridgehead atoms. The van der Waals surface area contributed by atoms with Crippen molar-refractivity contribution in [3.05, 3.63) is 35.0 Å². The van der Waals surface area contributed by atoms with Gasteiger partial charge in [0.1, 0.15) is 12.1 Å². The van der Waals surface area contributed by atoms with Gasteiger partial charge in [0.25, 0.3) is 0 Å². The third-order valence-corrected chi connectivity index (χ3v) is 1.97. The zero-order chi connectivity index (χ0) is 10.8. The average Bonchev–Trinajstić information content (AvgIpc) is 2.74. The van der Waals surface area contributed by atoms with E-state index in [4.69, 9.17) is 17.3 Å². The number of ketones is 1. The fourth-order valence-electron chi connectivity index (χ4n) is 1.07. The molecule has 6 nitrogen and oxygen atoms in total. The van der Waals surface area contributed by atoms with Gasteiger partial charge in [-0.05, 0) is 6.07 Å². The number of nitrogen functional groups attached to an aromatic ring is 1. The molecule has 2 aromatic heterocycles. The van der Waals surface area contributed by atoms with Crippen molar-refractivity contribution in [1.82, 2.24) is 20.2 Å². The molecule has 0 aliphatic carbocycles. The van der Waals surface area contributed by atoms with Crippen molar-refractivity contribution in [3.63, 3.8) is 0 Å². The minimum atomic E-state index is -0.389. The molecule has 0 atom stereocenters. The quantitative estimate of drug-likeness (QED) is 0.729. The van der Waals surface area contributed by atoms with Crippen molar-refractivity contribution in [1.29, 1.82) is 0 Å². The molecule has 0 saturated heterocycles. The van der Waals surface area contributed by atoms with Crippen molar-refractivity contribution >= 4 is 23.2 Å². The minimum absolute atomic E-state index is 0.103. The van der Waals surface area contributed by atoms with E-state index in [1.165, 1.54) is 18.6 Å². The highest BCUT2D eigenvalue weighted by Crippen LogP contribution is 2.16. The van der Waals surface area contributed by atoms with Crippen molar-refractivity contribution in [2.45, 2.75) is 0 Å². The highest BCUT2D eigenvalue weighted by Gasteiger charge is 2.16. The van der Waals surface area contributed by atoms with Crippen LogP contribution in [0.5, 0.6) is 0 Å². The molecule has 0 spiro atoms. The highest BCUT2D eigenvalue weighted by atomic mass is 35.5. The van der Waals surface area contributed by atoms with Crippen molar-refractivity contribution < 1.29 is 4.79 Å². The molecule has 7 heteroatoms. The van der Waals surface area contributed by atoms with Crippen LogP contribution in [0.2, 0.25) is 5.02 Å². The van der Waals surface area contributed by atoms with Crippen LogP contribution in [0, 0.1) is 0 Å². The summed E-state index contributed by atoms with van der Waals surface area (Å²) in [7, 11) is 0. The lowest BCUT2D eigenvalue weighted by atomic mass is 10.1. The van der Waals surface area contributed by atoms with Crippen LogP contribution in [0.1, 0.15) is 16.2 Å². The summed E-state index contributed by atoms with van der Waals surface area (Å²) in [6.45, 7) is 0. The molecule has 0 unspecified atom stereocenters.